The Kier molecular flexibility index (Phi) is 3.82. The smallest absolute Gasteiger partial charge is 0.138 e. The normalized spacial score (nSPS) is 19.8. The fourth-order valence-electron chi connectivity index (χ4n) is 2.67. The Balaban J connectivity index is 2.04. The largest absolute Gasteiger partial charge is 0.325 e. The molecule has 2 rings (SSSR count). The van der Waals surface area contributed by atoms with E-state index in [1.807, 2.05) is 4.68 Å². The molecule has 0 radical (unpaired) electrons. The zero-order chi connectivity index (χ0) is 12.3. The number of nitrogens with zero attached hydrogens (tertiary/aromatic N) is 3. The van der Waals surface area contributed by atoms with Gasteiger partial charge in [-0.15, -0.1) is 0 Å². The second kappa shape index (κ2) is 5.17. The van der Waals surface area contributed by atoms with Crippen LogP contribution in [-0.2, 0) is 13.0 Å². The van der Waals surface area contributed by atoms with E-state index in [0.29, 0.717) is 5.92 Å². The van der Waals surface area contributed by atoms with Crippen LogP contribution in [0.1, 0.15) is 51.8 Å². The van der Waals surface area contributed by atoms with Crippen molar-refractivity contribution < 1.29 is 0 Å². The van der Waals surface area contributed by atoms with Gasteiger partial charge in [-0.3, -0.25) is 0 Å². The molecule has 2 N–H and O–H groups in total. The first kappa shape index (κ1) is 12.6. The minimum absolute atomic E-state index is 0.0417. The van der Waals surface area contributed by atoms with Crippen molar-refractivity contribution in [3.8, 4) is 0 Å². The van der Waals surface area contributed by atoms with Gasteiger partial charge < -0.3 is 5.73 Å². The van der Waals surface area contributed by atoms with Crippen molar-refractivity contribution in [2.75, 3.05) is 0 Å². The SMILES string of the molecule is CC(C)Cn1ncnc1CC1(N)CCCCC1. The van der Waals surface area contributed by atoms with E-state index in [9.17, 15) is 0 Å². The average Bonchev–Trinajstić information content (AvgIpc) is 2.65. The lowest BCUT2D eigenvalue weighted by molar-refractivity contribution is 0.283. The van der Waals surface area contributed by atoms with E-state index in [4.69, 9.17) is 5.73 Å². The number of hydrogen-bond donors (Lipinski definition) is 1. The highest BCUT2D eigenvalue weighted by molar-refractivity contribution is 4.99. The minimum atomic E-state index is -0.0417. The molecule has 1 heterocycles. The van der Waals surface area contributed by atoms with Gasteiger partial charge in [0.25, 0.3) is 0 Å². The third-order valence-electron chi connectivity index (χ3n) is 3.59. The lowest BCUT2D eigenvalue weighted by atomic mass is 9.80. The molecular formula is C13H24N4. The van der Waals surface area contributed by atoms with E-state index in [-0.39, 0.29) is 5.54 Å². The molecule has 0 atom stereocenters. The van der Waals surface area contributed by atoms with Crippen molar-refractivity contribution >= 4 is 0 Å². The first-order valence-electron chi connectivity index (χ1n) is 6.75. The molecule has 17 heavy (non-hydrogen) atoms. The number of hydrogen-bond acceptors (Lipinski definition) is 3. The second-order valence-electron chi connectivity index (χ2n) is 5.85. The monoisotopic (exact) mass is 236 g/mol. The van der Waals surface area contributed by atoms with Crippen LogP contribution in [0.25, 0.3) is 0 Å². The van der Waals surface area contributed by atoms with Crippen molar-refractivity contribution in [1.82, 2.24) is 14.8 Å². The van der Waals surface area contributed by atoms with E-state index in [1.165, 1.54) is 19.3 Å². The summed E-state index contributed by atoms with van der Waals surface area (Å²) in [6, 6.07) is 0. The van der Waals surface area contributed by atoms with Gasteiger partial charge >= 0.3 is 0 Å². The summed E-state index contributed by atoms with van der Waals surface area (Å²) in [4.78, 5) is 4.38. The maximum absolute atomic E-state index is 6.47. The number of rotatable bonds is 4. The Bertz CT molecular complexity index is 350. The van der Waals surface area contributed by atoms with Crippen molar-refractivity contribution in [1.29, 1.82) is 0 Å². The predicted molar refractivity (Wildman–Crippen MR) is 68.6 cm³/mol. The molecule has 0 aromatic carbocycles. The van der Waals surface area contributed by atoms with Crippen molar-refractivity contribution in [3.63, 3.8) is 0 Å². The summed E-state index contributed by atoms with van der Waals surface area (Å²) in [6.07, 6.45) is 8.63. The van der Waals surface area contributed by atoms with Gasteiger partial charge in [-0.1, -0.05) is 33.1 Å². The topological polar surface area (TPSA) is 56.7 Å². The third kappa shape index (κ3) is 3.28. The lowest BCUT2D eigenvalue weighted by Crippen LogP contribution is -2.44. The van der Waals surface area contributed by atoms with Crippen LogP contribution in [0.5, 0.6) is 0 Å². The fraction of sp³-hybridized carbons (Fsp3) is 0.846. The van der Waals surface area contributed by atoms with Gasteiger partial charge in [-0.2, -0.15) is 5.10 Å². The highest BCUT2D eigenvalue weighted by Crippen LogP contribution is 2.28. The van der Waals surface area contributed by atoms with E-state index >= 15 is 0 Å². The van der Waals surface area contributed by atoms with E-state index < -0.39 is 0 Å². The predicted octanol–water partition coefficient (Wildman–Crippen LogP) is 2.14. The average molecular weight is 236 g/mol. The van der Waals surface area contributed by atoms with Gasteiger partial charge in [0.15, 0.2) is 0 Å². The van der Waals surface area contributed by atoms with Gasteiger partial charge in [-0.05, 0) is 18.8 Å². The molecule has 96 valence electrons. The molecule has 0 saturated heterocycles. The Morgan fingerprint density at radius 2 is 2.06 bits per heavy atom. The van der Waals surface area contributed by atoms with Crippen LogP contribution in [0.3, 0.4) is 0 Å². The standard InChI is InChI=1S/C13H24N4/c1-11(2)9-17-12(15-10-16-17)8-13(14)6-4-3-5-7-13/h10-11H,3-9,14H2,1-2H3. The molecule has 1 aromatic rings. The molecule has 1 aromatic heterocycles. The Morgan fingerprint density at radius 3 is 2.71 bits per heavy atom. The van der Waals surface area contributed by atoms with Crippen LogP contribution in [0, 0.1) is 5.92 Å². The van der Waals surface area contributed by atoms with Gasteiger partial charge in [-0.25, -0.2) is 9.67 Å². The van der Waals surface area contributed by atoms with E-state index in [0.717, 1.165) is 31.6 Å². The van der Waals surface area contributed by atoms with Crippen molar-refractivity contribution in [2.45, 2.75) is 64.5 Å². The van der Waals surface area contributed by atoms with Crippen LogP contribution in [0.15, 0.2) is 6.33 Å². The quantitative estimate of drug-likeness (QED) is 0.871. The Morgan fingerprint density at radius 1 is 1.35 bits per heavy atom. The van der Waals surface area contributed by atoms with E-state index in [2.05, 4.69) is 23.9 Å². The van der Waals surface area contributed by atoms with Crippen LogP contribution in [-0.4, -0.2) is 20.3 Å². The first-order valence-corrected chi connectivity index (χ1v) is 6.75. The summed E-state index contributed by atoms with van der Waals surface area (Å²) in [5.41, 5.74) is 6.43. The molecule has 0 amide bonds. The Hall–Kier alpha value is -0.900. The summed E-state index contributed by atoms with van der Waals surface area (Å²) < 4.78 is 2.02. The number of aromatic nitrogens is 3. The van der Waals surface area contributed by atoms with Gasteiger partial charge in [0.1, 0.15) is 12.2 Å². The minimum Gasteiger partial charge on any atom is -0.325 e. The molecular weight excluding hydrogens is 212 g/mol. The molecule has 0 aliphatic heterocycles. The van der Waals surface area contributed by atoms with Gasteiger partial charge in [0, 0.05) is 18.5 Å². The third-order valence-corrected chi connectivity index (χ3v) is 3.59. The highest BCUT2D eigenvalue weighted by Gasteiger charge is 2.29. The molecule has 1 fully saturated rings. The zero-order valence-electron chi connectivity index (χ0n) is 11.0. The Labute approximate surface area is 104 Å². The highest BCUT2D eigenvalue weighted by atomic mass is 15.3. The summed E-state index contributed by atoms with van der Waals surface area (Å²) in [6.45, 7) is 5.33. The molecule has 1 aliphatic carbocycles. The summed E-state index contributed by atoms with van der Waals surface area (Å²) >= 11 is 0. The molecule has 1 aliphatic rings. The molecule has 0 bridgehead atoms. The first-order chi connectivity index (χ1) is 8.09. The second-order valence-corrected chi connectivity index (χ2v) is 5.85. The van der Waals surface area contributed by atoms with Crippen LogP contribution in [0.2, 0.25) is 0 Å². The zero-order valence-corrected chi connectivity index (χ0v) is 11.0. The fourth-order valence-corrected chi connectivity index (χ4v) is 2.67. The van der Waals surface area contributed by atoms with Gasteiger partial charge in [0.05, 0.1) is 0 Å². The van der Waals surface area contributed by atoms with Gasteiger partial charge in [0.2, 0.25) is 0 Å². The molecule has 1 saturated carbocycles. The maximum atomic E-state index is 6.47. The molecule has 0 unspecified atom stereocenters. The van der Waals surface area contributed by atoms with Crippen LogP contribution in [0.4, 0.5) is 0 Å². The molecule has 4 heteroatoms. The molecule has 4 nitrogen and oxygen atoms in total. The number of nitrogens with two attached hydrogens (primary N) is 1. The summed E-state index contributed by atoms with van der Waals surface area (Å²) in [7, 11) is 0. The summed E-state index contributed by atoms with van der Waals surface area (Å²) in [5, 5.41) is 4.30. The lowest BCUT2D eigenvalue weighted by Gasteiger charge is -2.33. The maximum Gasteiger partial charge on any atom is 0.138 e. The van der Waals surface area contributed by atoms with Crippen molar-refractivity contribution in [2.24, 2.45) is 11.7 Å². The van der Waals surface area contributed by atoms with Crippen LogP contribution >= 0.6 is 0 Å². The van der Waals surface area contributed by atoms with Crippen LogP contribution < -0.4 is 5.73 Å². The summed E-state index contributed by atoms with van der Waals surface area (Å²) in [5.74, 6) is 1.65. The van der Waals surface area contributed by atoms with E-state index in [1.54, 1.807) is 6.33 Å². The van der Waals surface area contributed by atoms with Crippen molar-refractivity contribution in [3.05, 3.63) is 12.2 Å². The molecule has 0 spiro atoms.